The van der Waals surface area contributed by atoms with Crippen LogP contribution in [-0.4, -0.2) is 4.98 Å². The molecule has 0 radical (unpaired) electrons. The fourth-order valence-corrected chi connectivity index (χ4v) is 2.53. The van der Waals surface area contributed by atoms with Gasteiger partial charge in [0.15, 0.2) is 5.58 Å². The highest BCUT2D eigenvalue weighted by atomic mass is 127. The number of hydrogen-bond acceptors (Lipinski definition) is 2. The standard InChI is InChI=1S/C13H6Cl2INO/c14-7-1-4-12-11(5-7)17-13(18-12)9-6-8(16)2-3-10(9)15/h1-6H. The largest absolute Gasteiger partial charge is 0.436 e. The number of fused-ring (bicyclic) bond motifs is 1. The number of hydrogen-bond donors (Lipinski definition) is 0. The quantitative estimate of drug-likeness (QED) is 0.520. The Morgan fingerprint density at radius 1 is 1.06 bits per heavy atom. The molecule has 0 aliphatic rings. The third kappa shape index (κ3) is 2.22. The van der Waals surface area contributed by atoms with Gasteiger partial charge in [-0.15, -0.1) is 0 Å². The van der Waals surface area contributed by atoms with E-state index in [0.717, 1.165) is 14.7 Å². The van der Waals surface area contributed by atoms with Gasteiger partial charge in [-0.3, -0.25) is 0 Å². The molecule has 1 heterocycles. The van der Waals surface area contributed by atoms with Crippen LogP contribution in [0, 0.1) is 3.57 Å². The molecule has 2 nitrogen and oxygen atoms in total. The van der Waals surface area contributed by atoms with Crippen LogP contribution in [0.3, 0.4) is 0 Å². The van der Waals surface area contributed by atoms with Gasteiger partial charge in [-0.05, 0) is 59.0 Å². The van der Waals surface area contributed by atoms with Crippen molar-refractivity contribution in [3.8, 4) is 11.5 Å². The Kier molecular flexibility index (Phi) is 3.21. The minimum Gasteiger partial charge on any atom is -0.436 e. The lowest BCUT2D eigenvalue weighted by atomic mass is 10.2. The van der Waals surface area contributed by atoms with Crippen LogP contribution in [0.1, 0.15) is 0 Å². The van der Waals surface area contributed by atoms with E-state index in [4.69, 9.17) is 27.6 Å². The fraction of sp³-hybridized carbons (Fsp3) is 0. The summed E-state index contributed by atoms with van der Waals surface area (Å²) in [5.41, 5.74) is 2.22. The van der Waals surface area contributed by atoms with E-state index >= 15 is 0 Å². The summed E-state index contributed by atoms with van der Waals surface area (Å²) in [6, 6.07) is 11.1. The van der Waals surface area contributed by atoms with Crippen LogP contribution in [0.2, 0.25) is 10.0 Å². The first kappa shape index (κ1) is 12.3. The highest BCUT2D eigenvalue weighted by Crippen LogP contribution is 2.31. The Labute approximate surface area is 127 Å². The molecule has 18 heavy (non-hydrogen) atoms. The molecule has 0 atom stereocenters. The number of halogens is 3. The number of rotatable bonds is 1. The Morgan fingerprint density at radius 3 is 2.72 bits per heavy atom. The van der Waals surface area contributed by atoms with Crippen molar-refractivity contribution in [1.29, 1.82) is 0 Å². The number of nitrogens with zero attached hydrogens (tertiary/aromatic N) is 1. The molecule has 0 aliphatic heterocycles. The van der Waals surface area contributed by atoms with Crippen LogP contribution in [0.5, 0.6) is 0 Å². The van der Waals surface area contributed by atoms with Gasteiger partial charge >= 0.3 is 0 Å². The van der Waals surface area contributed by atoms with Gasteiger partial charge in [-0.1, -0.05) is 23.2 Å². The predicted octanol–water partition coefficient (Wildman–Crippen LogP) is 5.41. The van der Waals surface area contributed by atoms with Gasteiger partial charge < -0.3 is 4.42 Å². The average molecular weight is 390 g/mol. The lowest BCUT2D eigenvalue weighted by Gasteiger charge is -1.99. The maximum atomic E-state index is 6.16. The molecule has 1 aromatic heterocycles. The molecular formula is C13H6Cl2INO. The lowest BCUT2D eigenvalue weighted by Crippen LogP contribution is -1.81. The fourth-order valence-electron chi connectivity index (χ4n) is 1.68. The normalized spacial score (nSPS) is 11.1. The zero-order valence-electron chi connectivity index (χ0n) is 8.95. The summed E-state index contributed by atoms with van der Waals surface area (Å²) >= 11 is 14.3. The summed E-state index contributed by atoms with van der Waals surface area (Å²) in [4.78, 5) is 4.41. The first-order valence-corrected chi connectivity index (χ1v) is 6.98. The predicted molar refractivity (Wildman–Crippen MR) is 82.2 cm³/mol. The van der Waals surface area contributed by atoms with E-state index in [9.17, 15) is 0 Å². The molecule has 90 valence electrons. The summed E-state index contributed by atoms with van der Waals surface area (Å²) < 4.78 is 6.76. The third-order valence-electron chi connectivity index (χ3n) is 2.51. The minimum atomic E-state index is 0.510. The second kappa shape index (κ2) is 4.72. The van der Waals surface area contributed by atoms with Crippen molar-refractivity contribution in [3.63, 3.8) is 0 Å². The molecule has 0 spiro atoms. The van der Waals surface area contributed by atoms with Crippen molar-refractivity contribution in [3.05, 3.63) is 50.0 Å². The van der Waals surface area contributed by atoms with Gasteiger partial charge in [-0.2, -0.15) is 0 Å². The summed E-state index contributed by atoms with van der Waals surface area (Å²) in [5.74, 6) is 0.510. The Bertz CT molecular complexity index is 739. The third-order valence-corrected chi connectivity index (χ3v) is 3.74. The van der Waals surface area contributed by atoms with Crippen molar-refractivity contribution < 1.29 is 4.42 Å². The van der Waals surface area contributed by atoms with E-state index in [1.165, 1.54) is 0 Å². The van der Waals surface area contributed by atoms with Crippen molar-refractivity contribution in [1.82, 2.24) is 4.98 Å². The van der Waals surface area contributed by atoms with Gasteiger partial charge in [0, 0.05) is 8.59 Å². The monoisotopic (exact) mass is 389 g/mol. The average Bonchev–Trinajstić information content (AvgIpc) is 2.74. The Morgan fingerprint density at radius 2 is 1.89 bits per heavy atom. The molecule has 0 bridgehead atoms. The lowest BCUT2D eigenvalue weighted by molar-refractivity contribution is 0.620. The van der Waals surface area contributed by atoms with E-state index in [1.54, 1.807) is 18.2 Å². The molecule has 0 N–H and O–H groups in total. The van der Waals surface area contributed by atoms with E-state index in [1.807, 2.05) is 18.2 Å². The van der Waals surface area contributed by atoms with Crippen LogP contribution in [0.4, 0.5) is 0 Å². The van der Waals surface area contributed by atoms with E-state index in [0.29, 0.717) is 21.5 Å². The molecule has 0 fully saturated rings. The summed E-state index contributed by atoms with van der Waals surface area (Å²) in [7, 11) is 0. The van der Waals surface area contributed by atoms with Gasteiger partial charge in [-0.25, -0.2) is 4.98 Å². The molecule has 0 saturated carbocycles. The maximum absolute atomic E-state index is 6.16. The minimum absolute atomic E-state index is 0.510. The van der Waals surface area contributed by atoms with Crippen LogP contribution in [0.15, 0.2) is 40.8 Å². The summed E-state index contributed by atoms with van der Waals surface area (Å²) in [5, 5.41) is 1.25. The Hall–Kier alpha value is -0.780. The van der Waals surface area contributed by atoms with E-state index in [-0.39, 0.29) is 0 Å². The van der Waals surface area contributed by atoms with Gasteiger partial charge in [0.25, 0.3) is 0 Å². The first-order chi connectivity index (χ1) is 8.63. The second-order valence-corrected chi connectivity index (χ2v) is 5.84. The topological polar surface area (TPSA) is 26.0 Å². The maximum Gasteiger partial charge on any atom is 0.228 e. The SMILES string of the molecule is Clc1ccc2oc(-c3cc(I)ccc3Cl)nc2c1. The number of benzene rings is 2. The van der Waals surface area contributed by atoms with Crippen LogP contribution in [0.25, 0.3) is 22.6 Å². The van der Waals surface area contributed by atoms with Crippen molar-refractivity contribution in [2.24, 2.45) is 0 Å². The van der Waals surface area contributed by atoms with Crippen LogP contribution >= 0.6 is 45.8 Å². The van der Waals surface area contributed by atoms with Crippen molar-refractivity contribution >= 4 is 56.9 Å². The molecule has 0 saturated heterocycles. The zero-order valence-corrected chi connectivity index (χ0v) is 12.6. The van der Waals surface area contributed by atoms with Crippen LogP contribution in [-0.2, 0) is 0 Å². The van der Waals surface area contributed by atoms with E-state index in [2.05, 4.69) is 27.6 Å². The molecule has 0 aliphatic carbocycles. The van der Waals surface area contributed by atoms with Crippen molar-refractivity contribution in [2.45, 2.75) is 0 Å². The van der Waals surface area contributed by atoms with Gasteiger partial charge in [0.1, 0.15) is 5.52 Å². The van der Waals surface area contributed by atoms with Crippen LogP contribution < -0.4 is 0 Å². The molecule has 5 heteroatoms. The molecule has 0 amide bonds. The van der Waals surface area contributed by atoms with Crippen molar-refractivity contribution in [2.75, 3.05) is 0 Å². The molecule has 0 unspecified atom stereocenters. The molecule has 3 rings (SSSR count). The highest BCUT2D eigenvalue weighted by molar-refractivity contribution is 14.1. The highest BCUT2D eigenvalue weighted by Gasteiger charge is 2.12. The molecule has 2 aromatic carbocycles. The summed E-state index contributed by atoms with van der Waals surface area (Å²) in [6.07, 6.45) is 0. The summed E-state index contributed by atoms with van der Waals surface area (Å²) in [6.45, 7) is 0. The zero-order chi connectivity index (χ0) is 12.7. The van der Waals surface area contributed by atoms with E-state index < -0.39 is 0 Å². The number of oxazole rings is 1. The Balaban J connectivity index is 2.22. The smallest absolute Gasteiger partial charge is 0.228 e. The van der Waals surface area contributed by atoms with Gasteiger partial charge in [0.2, 0.25) is 5.89 Å². The van der Waals surface area contributed by atoms with Gasteiger partial charge in [0.05, 0.1) is 10.6 Å². The molecular weight excluding hydrogens is 384 g/mol. The number of aromatic nitrogens is 1. The second-order valence-electron chi connectivity index (χ2n) is 3.76. The molecule has 3 aromatic rings. The first-order valence-electron chi connectivity index (χ1n) is 5.15.